The van der Waals surface area contributed by atoms with E-state index in [2.05, 4.69) is 0 Å². The first-order valence-electron chi connectivity index (χ1n) is 5.19. The lowest BCUT2D eigenvalue weighted by molar-refractivity contribution is 0.0954. The zero-order valence-electron chi connectivity index (χ0n) is 9.97. The van der Waals surface area contributed by atoms with Crippen LogP contribution >= 0.6 is 0 Å². The molecule has 90 valence electrons. The molecule has 0 aromatic heterocycles. The van der Waals surface area contributed by atoms with Gasteiger partial charge in [0.15, 0.2) is 0 Å². The maximum atomic E-state index is 9.55. The standard InChI is InChI=1S/C12H19NO3/c1-13(2)7-10-6-9(11(15)8-14)4-5-12(10)16-3/h4-6,11,14-15H,7-8H2,1-3H3. The molecule has 0 aliphatic carbocycles. The number of rotatable bonds is 5. The molecule has 0 saturated carbocycles. The van der Waals surface area contributed by atoms with Crippen molar-refractivity contribution in [1.82, 2.24) is 4.90 Å². The van der Waals surface area contributed by atoms with Crippen molar-refractivity contribution in [3.05, 3.63) is 29.3 Å². The number of ether oxygens (including phenoxy) is 1. The van der Waals surface area contributed by atoms with E-state index in [0.717, 1.165) is 17.9 Å². The summed E-state index contributed by atoms with van der Waals surface area (Å²) in [5.41, 5.74) is 1.71. The van der Waals surface area contributed by atoms with Crippen molar-refractivity contribution in [2.45, 2.75) is 12.6 Å². The Hall–Kier alpha value is -1.10. The fourth-order valence-corrected chi connectivity index (χ4v) is 1.58. The van der Waals surface area contributed by atoms with Gasteiger partial charge >= 0.3 is 0 Å². The second-order valence-corrected chi connectivity index (χ2v) is 4.01. The predicted molar refractivity (Wildman–Crippen MR) is 62.4 cm³/mol. The molecule has 0 heterocycles. The lowest BCUT2D eigenvalue weighted by Gasteiger charge is -2.16. The van der Waals surface area contributed by atoms with Crippen LogP contribution in [0.2, 0.25) is 0 Å². The topological polar surface area (TPSA) is 52.9 Å². The molecule has 1 aromatic rings. The molecule has 0 aliphatic rings. The summed E-state index contributed by atoms with van der Waals surface area (Å²) in [6, 6.07) is 5.44. The van der Waals surface area contributed by atoms with Gasteiger partial charge in [0, 0.05) is 12.1 Å². The SMILES string of the molecule is COc1ccc(C(O)CO)cc1CN(C)C. The molecule has 0 aliphatic heterocycles. The monoisotopic (exact) mass is 225 g/mol. The number of aliphatic hydroxyl groups is 2. The summed E-state index contributed by atoms with van der Waals surface area (Å²) in [6.07, 6.45) is -0.827. The molecule has 4 heteroatoms. The molecule has 0 saturated heterocycles. The third-order valence-corrected chi connectivity index (χ3v) is 2.35. The summed E-state index contributed by atoms with van der Waals surface area (Å²) in [5.74, 6) is 0.794. The summed E-state index contributed by atoms with van der Waals surface area (Å²) < 4.78 is 5.24. The minimum Gasteiger partial charge on any atom is -0.496 e. The van der Waals surface area contributed by atoms with E-state index >= 15 is 0 Å². The van der Waals surface area contributed by atoms with Crippen LogP contribution in [-0.4, -0.2) is 42.9 Å². The molecule has 0 fully saturated rings. The Morgan fingerprint density at radius 1 is 1.38 bits per heavy atom. The van der Waals surface area contributed by atoms with Crippen LogP contribution < -0.4 is 4.74 Å². The van der Waals surface area contributed by atoms with Crippen molar-refractivity contribution < 1.29 is 14.9 Å². The van der Waals surface area contributed by atoms with E-state index in [0.29, 0.717) is 5.56 Å². The molecule has 1 unspecified atom stereocenters. The van der Waals surface area contributed by atoms with Gasteiger partial charge in [-0.05, 0) is 31.8 Å². The normalized spacial score (nSPS) is 12.9. The molecule has 1 aromatic carbocycles. The molecule has 1 rings (SSSR count). The second kappa shape index (κ2) is 5.84. The number of hydrogen-bond acceptors (Lipinski definition) is 4. The van der Waals surface area contributed by atoms with Gasteiger partial charge in [-0.1, -0.05) is 6.07 Å². The van der Waals surface area contributed by atoms with Crippen molar-refractivity contribution in [3.63, 3.8) is 0 Å². The van der Waals surface area contributed by atoms with Crippen molar-refractivity contribution in [2.24, 2.45) is 0 Å². The third-order valence-electron chi connectivity index (χ3n) is 2.35. The highest BCUT2D eigenvalue weighted by Gasteiger charge is 2.10. The van der Waals surface area contributed by atoms with Gasteiger partial charge in [-0.2, -0.15) is 0 Å². The van der Waals surface area contributed by atoms with Gasteiger partial charge in [0.2, 0.25) is 0 Å². The second-order valence-electron chi connectivity index (χ2n) is 4.01. The zero-order chi connectivity index (χ0) is 12.1. The first-order chi connectivity index (χ1) is 7.58. The quantitative estimate of drug-likeness (QED) is 0.777. The Bertz CT molecular complexity index is 339. The van der Waals surface area contributed by atoms with Crippen LogP contribution in [0.5, 0.6) is 5.75 Å². The van der Waals surface area contributed by atoms with Crippen LogP contribution in [0.1, 0.15) is 17.2 Å². The lowest BCUT2D eigenvalue weighted by Crippen LogP contribution is -2.12. The van der Waals surface area contributed by atoms with E-state index in [-0.39, 0.29) is 6.61 Å². The van der Waals surface area contributed by atoms with E-state index in [4.69, 9.17) is 9.84 Å². The lowest BCUT2D eigenvalue weighted by atomic mass is 10.1. The van der Waals surface area contributed by atoms with Gasteiger partial charge in [0.1, 0.15) is 11.9 Å². The van der Waals surface area contributed by atoms with Crippen LogP contribution in [0.3, 0.4) is 0 Å². The van der Waals surface area contributed by atoms with Gasteiger partial charge in [-0.3, -0.25) is 0 Å². The average molecular weight is 225 g/mol. The molecule has 2 N–H and O–H groups in total. The fraction of sp³-hybridized carbons (Fsp3) is 0.500. The molecule has 16 heavy (non-hydrogen) atoms. The van der Waals surface area contributed by atoms with Crippen molar-refractivity contribution in [3.8, 4) is 5.75 Å². The van der Waals surface area contributed by atoms with Crippen molar-refractivity contribution in [1.29, 1.82) is 0 Å². The molecule has 4 nitrogen and oxygen atoms in total. The summed E-state index contributed by atoms with van der Waals surface area (Å²) in [7, 11) is 5.56. The maximum Gasteiger partial charge on any atom is 0.123 e. The van der Waals surface area contributed by atoms with E-state index in [1.807, 2.05) is 31.1 Å². The Morgan fingerprint density at radius 2 is 2.06 bits per heavy atom. The average Bonchev–Trinajstić information content (AvgIpc) is 2.27. The summed E-state index contributed by atoms with van der Waals surface area (Å²) in [4.78, 5) is 2.02. The van der Waals surface area contributed by atoms with Gasteiger partial charge < -0.3 is 19.8 Å². The Kier molecular flexibility index (Phi) is 4.73. The Balaban J connectivity index is 3.00. The van der Waals surface area contributed by atoms with Crippen LogP contribution in [0.15, 0.2) is 18.2 Å². The minimum atomic E-state index is -0.827. The van der Waals surface area contributed by atoms with Crippen LogP contribution in [-0.2, 0) is 6.54 Å². The smallest absolute Gasteiger partial charge is 0.123 e. The molecular weight excluding hydrogens is 206 g/mol. The highest BCUT2D eigenvalue weighted by Crippen LogP contribution is 2.24. The summed E-state index contributed by atoms with van der Waals surface area (Å²) in [6.45, 7) is 0.461. The molecule has 0 bridgehead atoms. The van der Waals surface area contributed by atoms with Crippen LogP contribution in [0.25, 0.3) is 0 Å². The van der Waals surface area contributed by atoms with Crippen molar-refractivity contribution >= 4 is 0 Å². The molecule has 0 amide bonds. The highest BCUT2D eigenvalue weighted by molar-refractivity contribution is 5.38. The fourth-order valence-electron chi connectivity index (χ4n) is 1.58. The zero-order valence-corrected chi connectivity index (χ0v) is 9.97. The first kappa shape index (κ1) is 13.0. The van der Waals surface area contributed by atoms with Gasteiger partial charge in [-0.25, -0.2) is 0 Å². The highest BCUT2D eigenvalue weighted by atomic mass is 16.5. The van der Waals surface area contributed by atoms with Gasteiger partial charge in [0.05, 0.1) is 13.7 Å². The summed E-state index contributed by atoms with van der Waals surface area (Å²) >= 11 is 0. The Morgan fingerprint density at radius 3 is 2.56 bits per heavy atom. The third kappa shape index (κ3) is 3.20. The first-order valence-corrected chi connectivity index (χ1v) is 5.19. The molecule has 1 atom stereocenters. The number of hydrogen-bond donors (Lipinski definition) is 2. The Labute approximate surface area is 96.1 Å². The van der Waals surface area contributed by atoms with Gasteiger partial charge in [-0.15, -0.1) is 0 Å². The number of methoxy groups -OCH3 is 1. The van der Waals surface area contributed by atoms with E-state index in [1.165, 1.54) is 0 Å². The molecule has 0 radical (unpaired) electrons. The molecular formula is C12H19NO3. The van der Waals surface area contributed by atoms with Crippen LogP contribution in [0.4, 0.5) is 0 Å². The molecule has 0 spiro atoms. The summed E-state index contributed by atoms with van der Waals surface area (Å²) in [5, 5.41) is 18.4. The van der Waals surface area contributed by atoms with E-state index < -0.39 is 6.10 Å². The number of aliphatic hydroxyl groups excluding tert-OH is 2. The number of benzene rings is 1. The predicted octanol–water partition coefficient (Wildman–Crippen LogP) is 0.782. The van der Waals surface area contributed by atoms with Gasteiger partial charge in [0.25, 0.3) is 0 Å². The maximum absolute atomic E-state index is 9.55. The minimum absolute atomic E-state index is 0.270. The van der Waals surface area contributed by atoms with Crippen molar-refractivity contribution in [2.75, 3.05) is 27.8 Å². The van der Waals surface area contributed by atoms with Crippen LogP contribution in [0, 0.1) is 0 Å². The van der Waals surface area contributed by atoms with E-state index in [9.17, 15) is 5.11 Å². The van der Waals surface area contributed by atoms with E-state index in [1.54, 1.807) is 13.2 Å². The number of nitrogens with zero attached hydrogens (tertiary/aromatic N) is 1. The largest absolute Gasteiger partial charge is 0.496 e.